The average Bonchev–Trinajstić information content (AvgIpc) is 2.34. The van der Waals surface area contributed by atoms with Gasteiger partial charge in [0.2, 0.25) is 0 Å². The summed E-state index contributed by atoms with van der Waals surface area (Å²) in [5.74, 6) is 0. The fourth-order valence-electron chi connectivity index (χ4n) is 2.28. The molecular formula is C16H33N. The predicted octanol–water partition coefficient (Wildman–Crippen LogP) is 5.02. The summed E-state index contributed by atoms with van der Waals surface area (Å²) in [6.45, 7) is 12.2. The molecule has 0 bridgehead atoms. The largest absolute Gasteiger partial charge is 0.303 e. The maximum Gasteiger partial charge on any atom is 0.0126 e. The van der Waals surface area contributed by atoms with Crippen molar-refractivity contribution >= 4 is 0 Å². The van der Waals surface area contributed by atoms with Crippen molar-refractivity contribution in [2.75, 3.05) is 13.6 Å². The molecule has 0 aliphatic heterocycles. The van der Waals surface area contributed by atoms with E-state index in [9.17, 15) is 0 Å². The Kier molecular flexibility index (Phi) is 10.6. The lowest BCUT2D eigenvalue weighted by Gasteiger charge is -2.26. The Morgan fingerprint density at radius 1 is 1.06 bits per heavy atom. The highest BCUT2D eigenvalue weighted by Gasteiger charge is 2.11. The third-order valence-corrected chi connectivity index (χ3v) is 3.75. The van der Waals surface area contributed by atoms with Crippen molar-refractivity contribution in [3.8, 4) is 0 Å². The zero-order chi connectivity index (χ0) is 13.1. The monoisotopic (exact) mass is 239 g/mol. The summed E-state index contributed by atoms with van der Waals surface area (Å²) in [6, 6.07) is 0.697. The first-order valence-electron chi connectivity index (χ1n) is 7.52. The fraction of sp³-hybridized carbons (Fsp3) is 0.875. The van der Waals surface area contributed by atoms with E-state index in [-0.39, 0.29) is 0 Å². The summed E-state index contributed by atoms with van der Waals surface area (Å²) in [7, 11) is 2.22. The molecule has 0 aromatic rings. The normalized spacial score (nSPS) is 13.0. The van der Waals surface area contributed by atoms with Crippen molar-refractivity contribution in [2.24, 2.45) is 0 Å². The van der Waals surface area contributed by atoms with E-state index >= 15 is 0 Å². The van der Waals surface area contributed by atoms with Crippen LogP contribution in [0, 0.1) is 0 Å². The molecule has 0 amide bonds. The first kappa shape index (κ1) is 16.7. The second-order valence-electron chi connectivity index (χ2n) is 5.25. The van der Waals surface area contributed by atoms with Gasteiger partial charge in [-0.05, 0) is 39.3 Å². The van der Waals surface area contributed by atoms with E-state index in [1.54, 1.807) is 0 Å². The van der Waals surface area contributed by atoms with Crippen LogP contribution in [0.2, 0.25) is 0 Å². The third-order valence-electron chi connectivity index (χ3n) is 3.75. The van der Waals surface area contributed by atoms with Gasteiger partial charge in [-0.2, -0.15) is 0 Å². The molecule has 0 rings (SSSR count). The summed E-state index contributed by atoms with van der Waals surface area (Å²) < 4.78 is 0. The molecular weight excluding hydrogens is 206 g/mol. The molecule has 0 spiro atoms. The Morgan fingerprint density at radius 2 is 1.71 bits per heavy atom. The molecule has 17 heavy (non-hydrogen) atoms. The zero-order valence-electron chi connectivity index (χ0n) is 12.6. The highest BCUT2D eigenvalue weighted by atomic mass is 15.1. The van der Waals surface area contributed by atoms with Crippen LogP contribution in [0.1, 0.15) is 72.1 Å². The molecule has 0 saturated carbocycles. The molecule has 0 heterocycles. The van der Waals surface area contributed by atoms with Gasteiger partial charge in [0.15, 0.2) is 0 Å². The lowest BCUT2D eigenvalue weighted by molar-refractivity contribution is 0.244. The van der Waals surface area contributed by atoms with Gasteiger partial charge < -0.3 is 4.90 Å². The van der Waals surface area contributed by atoms with E-state index < -0.39 is 0 Å². The molecule has 102 valence electrons. The van der Waals surface area contributed by atoms with Gasteiger partial charge in [0, 0.05) is 6.04 Å². The molecule has 0 aliphatic rings. The second-order valence-corrected chi connectivity index (χ2v) is 5.25. The Labute approximate surface area is 109 Å². The van der Waals surface area contributed by atoms with E-state index in [1.807, 2.05) is 0 Å². The average molecular weight is 239 g/mol. The number of nitrogens with zero attached hydrogens (tertiary/aromatic N) is 1. The van der Waals surface area contributed by atoms with Crippen molar-refractivity contribution in [3.05, 3.63) is 12.2 Å². The SMILES string of the molecule is C=C(CCCCCCC)CC(CC)N(C)CC. The standard InChI is InChI=1S/C16H33N/c1-6-9-10-11-12-13-15(4)14-16(7-2)17(5)8-3/h16H,4,6-14H2,1-3,5H3. The van der Waals surface area contributed by atoms with Crippen molar-refractivity contribution in [1.82, 2.24) is 4.90 Å². The highest BCUT2D eigenvalue weighted by Crippen LogP contribution is 2.17. The van der Waals surface area contributed by atoms with Crippen molar-refractivity contribution in [2.45, 2.75) is 78.2 Å². The van der Waals surface area contributed by atoms with E-state index in [1.165, 1.54) is 56.9 Å². The van der Waals surface area contributed by atoms with Crippen LogP contribution in [0.3, 0.4) is 0 Å². The number of hydrogen-bond donors (Lipinski definition) is 0. The van der Waals surface area contributed by atoms with Gasteiger partial charge in [-0.15, -0.1) is 0 Å². The molecule has 1 heteroatoms. The van der Waals surface area contributed by atoms with Crippen LogP contribution >= 0.6 is 0 Å². The van der Waals surface area contributed by atoms with Crippen LogP contribution < -0.4 is 0 Å². The molecule has 0 fully saturated rings. The van der Waals surface area contributed by atoms with Crippen LogP contribution in [0.5, 0.6) is 0 Å². The molecule has 0 radical (unpaired) electrons. The quantitative estimate of drug-likeness (QED) is 0.361. The lowest BCUT2D eigenvalue weighted by atomic mass is 9.99. The molecule has 0 aromatic heterocycles. The van der Waals surface area contributed by atoms with Crippen LogP contribution in [0.4, 0.5) is 0 Å². The third kappa shape index (κ3) is 8.43. The second kappa shape index (κ2) is 10.8. The van der Waals surface area contributed by atoms with E-state index in [2.05, 4.69) is 39.3 Å². The Bertz CT molecular complexity index is 186. The fourth-order valence-corrected chi connectivity index (χ4v) is 2.28. The Morgan fingerprint density at radius 3 is 2.24 bits per heavy atom. The number of unbranched alkanes of at least 4 members (excludes halogenated alkanes) is 4. The smallest absolute Gasteiger partial charge is 0.0126 e. The van der Waals surface area contributed by atoms with Crippen LogP contribution in [0.25, 0.3) is 0 Å². The highest BCUT2D eigenvalue weighted by molar-refractivity contribution is 4.97. The summed E-state index contributed by atoms with van der Waals surface area (Å²) in [4.78, 5) is 2.45. The summed E-state index contributed by atoms with van der Waals surface area (Å²) in [5, 5.41) is 0. The first-order chi connectivity index (χ1) is 8.15. The van der Waals surface area contributed by atoms with Crippen LogP contribution in [-0.2, 0) is 0 Å². The van der Waals surface area contributed by atoms with Crippen LogP contribution in [-0.4, -0.2) is 24.5 Å². The number of hydrogen-bond acceptors (Lipinski definition) is 1. The maximum absolute atomic E-state index is 4.25. The molecule has 0 aliphatic carbocycles. The maximum atomic E-state index is 4.25. The Balaban J connectivity index is 3.68. The minimum Gasteiger partial charge on any atom is -0.303 e. The lowest BCUT2D eigenvalue weighted by Crippen LogP contribution is -2.31. The van der Waals surface area contributed by atoms with Gasteiger partial charge in [0.1, 0.15) is 0 Å². The minimum absolute atomic E-state index is 0.697. The minimum atomic E-state index is 0.697. The molecule has 1 unspecified atom stereocenters. The van der Waals surface area contributed by atoms with Gasteiger partial charge >= 0.3 is 0 Å². The molecule has 0 N–H and O–H groups in total. The van der Waals surface area contributed by atoms with Gasteiger partial charge in [-0.1, -0.05) is 58.6 Å². The molecule has 1 atom stereocenters. The van der Waals surface area contributed by atoms with Gasteiger partial charge in [-0.3, -0.25) is 0 Å². The molecule has 0 saturated heterocycles. The summed E-state index contributed by atoms with van der Waals surface area (Å²) in [6.07, 6.45) is 10.5. The van der Waals surface area contributed by atoms with Gasteiger partial charge in [0.05, 0.1) is 0 Å². The predicted molar refractivity (Wildman–Crippen MR) is 79.5 cm³/mol. The summed E-state index contributed by atoms with van der Waals surface area (Å²) in [5.41, 5.74) is 1.45. The first-order valence-corrected chi connectivity index (χ1v) is 7.52. The topological polar surface area (TPSA) is 3.24 Å². The van der Waals surface area contributed by atoms with Crippen molar-refractivity contribution in [3.63, 3.8) is 0 Å². The van der Waals surface area contributed by atoms with Crippen LogP contribution in [0.15, 0.2) is 12.2 Å². The molecule has 0 aromatic carbocycles. The van der Waals surface area contributed by atoms with Crippen molar-refractivity contribution < 1.29 is 0 Å². The van der Waals surface area contributed by atoms with E-state index in [4.69, 9.17) is 0 Å². The van der Waals surface area contributed by atoms with E-state index in [0.717, 1.165) is 6.54 Å². The van der Waals surface area contributed by atoms with Gasteiger partial charge in [-0.25, -0.2) is 0 Å². The summed E-state index contributed by atoms with van der Waals surface area (Å²) >= 11 is 0. The zero-order valence-corrected chi connectivity index (χ0v) is 12.6. The van der Waals surface area contributed by atoms with Crippen molar-refractivity contribution in [1.29, 1.82) is 0 Å². The molecule has 1 nitrogen and oxygen atoms in total. The number of rotatable bonds is 11. The van der Waals surface area contributed by atoms with Gasteiger partial charge in [0.25, 0.3) is 0 Å². The Hall–Kier alpha value is -0.300. The van der Waals surface area contributed by atoms with E-state index in [0.29, 0.717) is 6.04 Å².